The molecule has 1 aromatic heterocycles. The zero-order valence-corrected chi connectivity index (χ0v) is 11.2. The minimum absolute atomic E-state index is 0.731. The first-order valence-corrected chi connectivity index (χ1v) is 6.99. The lowest BCUT2D eigenvalue weighted by atomic mass is 10.2. The van der Waals surface area contributed by atoms with Gasteiger partial charge in [0, 0.05) is 18.8 Å². The van der Waals surface area contributed by atoms with Crippen LogP contribution in [0, 0.1) is 0 Å². The zero-order valence-electron chi connectivity index (χ0n) is 10.3. The second kappa shape index (κ2) is 5.08. The van der Waals surface area contributed by atoms with E-state index in [0.717, 1.165) is 23.3 Å². The summed E-state index contributed by atoms with van der Waals surface area (Å²) in [5, 5.41) is 4.64. The van der Waals surface area contributed by atoms with Crippen LogP contribution in [0.4, 0.5) is 0 Å². The van der Waals surface area contributed by atoms with Gasteiger partial charge in [-0.05, 0) is 30.5 Å². The number of nitrogens with zero attached hydrogens (tertiary/aromatic N) is 1. The molecule has 0 radical (unpaired) electrons. The van der Waals surface area contributed by atoms with Gasteiger partial charge in [-0.1, -0.05) is 12.1 Å². The van der Waals surface area contributed by atoms with Crippen molar-refractivity contribution in [3.63, 3.8) is 0 Å². The Morgan fingerprint density at radius 1 is 1.44 bits per heavy atom. The fourth-order valence-corrected chi connectivity index (χ4v) is 2.69. The highest BCUT2D eigenvalue weighted by Crippen LogP contribution is 2.29. The molecule has 0 atom stereocenters. The Kier molecular flexibility index (Phi) is 3.30. The number of aromatic nitrogens is 1. The van der Waals surface area contributed by atoms with E-state index in [0.29, 0.717) is 0 Å². The summed E-state index contributed by atoms with van der Waals surface area (Å²) in [4.78, 5) is 5.66. The Morgan fingerprint density at radius 2 is 2.33 bits per heavy atom. The van der Waals surface area contributed by atoms with Crippen LogP contribution in [0.15, 0.2) is 30.5 Å². The van der Waals surface area contributed by atoms with Crippen molar-refractivity contribution < 1.29 is 4.74 Å². The van der Waals surface area contributed by atoms with E-state index in [-0.39, 0.29) is 0 Å². The van der Waals surface area contributed by atoms with Crippen molar-refractivity contribution in [3.8, 4) is 16.2 Å². The highest BCUT2D eigenvalue weighted by Gasteiger charge is 2.20. The molecule has 18 heavy (non-hydrogen) atoms. The molecular formula is C14H16N2OS. The molecule has 1 N–H and O–H groups in total. The predicted octanol–water partition coefficient (Wildman–Crippen LogP) is 3.07. The standard InChI is InChI=1S/C14H16N2OS/c1-17-12-4-2-3-10(7-12)13-8-16-14(18-13)9-15-11-5-6-11/h2-4,7-8,11,15H,5-6,9H2,1H3. The highest BCUT2D eigenvalue weighted by atomic mass is 32.1. The summed E-state index contributed by atoms with van der Waals surface area (Å²) in [6.45, 7) is 0.888. The van der Waals surface area contributed by atoms with E-state index in [9.17, 15) is 0 Å². The van der Waals surface area contributed by atoms with Gasteiger partial charge in [-0.15, -0.1) is 11.3 Å². The second-order valence-electron chi connectivity index (χ2n) is 4.51. The van der Waals surface area contributed by atoms with Crippen LogP contribution in [0.5, 0.6) is 5.75 Å². The summed E-state index contributed by atoms with van der Waals surface area (Å²) in [6.07, 6.45) is 4.57. The highest BCUT2D eigenvalue weighted by molar-refractivity contribution is 7.15. The van der Waals surface area contributed by atoms with E-state index < -0.39 is 0 Å². The Morgan fingerprint density at radius 3 is 3.11 bits per heavy atom. The van der Waals surface area contributed by atoms with E-state index >= 15 is 0 Å². The van der Waals surface area contributed by atoms with E-state index in [2.05, 4.69) is 16.4 Å². The van der Waals surface area contributed by atoms with Crippen molar-refractivity contribution in [2.45, 2.75) is 25.4 Å². The average Bonchev–Trinajstić information content (AvgIpc) is 3.13. The number of hydrogen-bond acceptors (Lipinski definition) is 4. The number of hydrogen-bond donors (Lipinski definition) is 1. The van der Waals surface area contributed by atoms with Gasteiger partial charge < -0.3 is 10.1 Å². The second-order valence-corrected chi connectivity index (χ2v) is 5.62. The molecule has 1 aromatic carbocycles. The molecule has 1 fully saturated rings. The summed E-state index contributed by atoms with van der Waals surface area (Å²) in [5.41, 5.74) is 1.17. The minimum atomic E-state index is 0.731. The Labute approximate surface area is 111 Å². The van der Waals surface area contributed by atoms with Crippen molar-refractivity contribution in [2.75, 3.05) is 7.11 Å². The van der Waals surface area contributed by atoms with Gasteiger partial charge in [-0.25, -0.2) is 4.98 Å². The topological polar surface area (TPSA) is 34.1 Å². The van der Waals surface area contributed by atoms with Gasteiger partial charge in [0.1, 0.15) is 10.8 Å². The molecule has 1 heterocycles. The lowest BCUT2D eigenvalue weighted by Gasteiger charge is -2.01. The molecule has 1 aliphatic carbocycles. The summed E-state index contributed by atoms with van der Waals surface area (Å²) in [7, 11) is 1.69. The molecule has 3 nitrogen and oxygen atoms in total. The van der Waals surface area contributed by atoms with Gasteiger partial charge >= 0.3 is 0 Å². The van der Waals surface area contributed by atoms with Gasteiger partial charge in [0.2, 0.25) is 0 Å². The zero-order chi connectivity index (χ0) is 12.4. The van der Waals surface area contributed by atoms with Gasteiger partial charge in [-0.3, -0.25) is 0 Å². The average molecular weight is 260 g/mol. The van der Waals surface area contributed by atoms with Crippen LogP contribution < -0.4 is 10.1 Å². The van der Waals surface area contributed by atoms with Crippen LogP contribution in [0.1, 0.15) is 17.8 Å². The number of rotatable bonds is 5. The fourth-order valence-electron chi connectivity index (χ4n) is 1.82. The number of methoxy groups -OCH3 is 1. The number of thiazole rings is 1. The minimum Gasteiger partial charge on any atom is -0.497 e. The third-order valence-electron chi connectivity index (χ3n) is 3.03. The van der Waals surface area contributed by atoms with Gasteiger partial charge in [0.15, 0.2) is 0 Å². The SMILES string of the molecule is COc1cccc(-c2cnc(CNC3CC3)s2)c1. The van der Waals surface area contributed by atoms with Crippen molar-refractivity contribution in [1.82, 2.24) is 10.3 Å². The normalized spacial score (nSPS) is 14.7. The molecule has 0 unspecified atom stereocenters. The van der Waals surface area contributed by atoms with Gasteiger partial charge in [0.25, 0.3) is 0 Å². The third kappa shape index (κ3) is 2.71. The lowest BCUT2D eigenvalue weighted by Crippen LogP contribution is -2.14. The van der Waals surface area contributed by atoms with Crippen LogP contribution in [0.25, 0.3) is 10.4 Å². The van der Waals surface area contributed by atoms with Gasteiger partial charge in [-0.2, -0.15) is 0 Å². The van der Waals surface area contributed by atoms with Crippen LogP contribution in [-0.2, 0) is 6.54 Å². The molecule has 0 saturated heterocycles. The predicted molar refractivity (Wildman–Crippen MR) is 74.0 cm³/mol. The maximum Gasteiger partial charge on any atom is 0.119 e. The first-order valence-electron chi connectivity index (χ1n) is 6.17. The molecule has 3 rings (SSSR count). The molecule has 0 aliphatic heterocycles. The van der Waals surface area contributed by atoms with Gasteiger partial charge in [0.05, 0.1) is 12.0 Å². The molecule has 1 saturated carbocycles. The van der Waals surface area contributed by atoms with E-state index in [1.807, 2.05) is 24.4 Å². The quantitative estimate of drug-likeness (QED) is 0.897. The first-order chi connectivity index (χ1) is 8.85. The lowest BCUT2D eigenvalue weighted by molar-refractivity contribution is 0.415. The van der Waals surface area contributed by atoms with E-state index in [1.165, 1.54) is 23.3 Å². The van der Waals surface area contributed by atoms with Crippen molar-refractivity contribution in [1.29, 1.82) is 0 Å². The van der Waals surface area contributed by atoms with Crippen molar-refractivity contribution in [3.05, 3.63) is 35.5 Å². The van der Waals surface area contributed by atoms with Crippen molar-refractivity contribution in [2.24, 2.45) is 0 Å². The summed E-state index contributed by atoms with van der Waals surface area (Å²) < 4.78 is 5.24. The van der Waals surface area contributed by atoms with Crippen molar-refractivity contribution >= 4 is 11.3 Å². The fraction of sp³-hybridized carbons (Fsp3) is 0.357. The molecular weight excluding hydrogens is 244 g/mol. The van der Waals surface area contributed by atoms with Crippen LogP contribution in [0.2, 0.25) is 0 Å². The Bertz CT molecular complexity index is 534. The number of benzene rings is 1. The molecule has 1 aliphatic rings. The Balaban J connectivity index is 1.74. The maximum atomic E-state index is 5.24. The van der Waals surface area contributed by atoms with E-state index in [1.54, 1.807) is 18.4 Å². The maximum absolute atomic E-state index is 5.24. The summed E-state index contributed by atoms with van der Waals surface area (Å²) in [6, 6.07) is 8.84. The summed E-state index contributed by atoms with van der Waals surface area (Å²) in [5.74, 6) is 0.888. The molecule has 0 bridgehead atoms. The summed E-state index contributed by atoms with van der Waals surface area (Å²) >= 11 is 1.75. The van der Waals surface area contributed by atoms with Crippen LogP contribution in [0.3, 0.4) is 0 Å². The smallest absolute Gasteiger partial charge is 0.119 e. The molecule has 0 spiro atoms. The van der Waals surface area contributed by atoms with E-state index in [4.69, 9.17) is 4.74 Å². The number of nitrogens with one attached hydrogen (secondary N) is 1. The largest absolute Gasteiger partial charge is 0.497 e. The number of ether oxygens (including phenoxy) is 1. The molecule has 94 valence electrons. The monoisotopic (exact) mass is 260 g/mol. The first kappa shape index (κ1) is 11.7. The van der Waals surface area contributed by atoms with Crippen LogP contribution in [-0.4, -0.2) is 18.1 Å². The van der Waals surface area contributed by atoms with Crippen LogP contribution >= 0.6 is 11.3 Å². The Hall–Kier alpha value is -1.39. The molecule has 4 heteroatoms. The third-order valence-corrected chi connectivity index (χ3v) is 4.07. The molecule has 2 aromatic rings. The molecule has 0 amide bonds.